The van der Waals surface area contributed by atoms with E-state index in [1.54, 1.807) is 7.11 Å². The smallest absolute Gasteiger partial charge is 0.575 e. The molecule has 0 bridgehead atoms. The Labute approximate surface area is 158 Å². The number of benzene rings is 2. The SMILES string of the molecule is COc1ccc(C2=N[N@+]34CC=C[C@H]3CO[B-]4(/C=C/c3ccccc3)O2)cc1. The van der Waals surface area contributed by atoms with E-state index < -0.39 is 6.69 Å². The molecule has 0 amide bonds. The van der Waals surface area contributed by atoms with Crippen molar-refractivity contribution >= 4 is 18.7 Å². The third kappa shape index (κ3) is 2.45. The fourth-order valence-electron chi connectivity index (χ4n) is 4.21. The quantitative estimate of drug-likeness (QED) is 0.620. The molecule has 0 aliphatic carbocycles. The molecular weight excluding hydrogens is 339 g/mol. The minimum Gasteiger partial charge on any atom is -0.619 e. The summed E-state index contributed by atoms with van der Waals surface area (Å²) in [6.07, 6.45) is 6.46. The van der Waals surface area contributed by atoms with Crippen LogP contribution in [0.15, 0.2) is 77.8 Å². The topological polar surface area (TPSA) is 40.0 Å². The van der Waals surface area contributed by atoms with Gasteiger partial charge in [0.05, 0.1) is 20.3 Å². The van der Waals surface area contributed by atoms with Crippen LogP contribution in [0.3, 0.4) is 0 Å². The van der Waals surface area contributed by atoms with E-state index in [4.69, 9.17) is 19.1 Å². The summed E-state index contributed by atoms with van der Waals surface area (Å²) >= 11 is 0. The zero-order valence-corrected chi connectivity index (χ0v) is 15.2. The zero-order valence-electron chi connectivity index (χ0n) is 15.2. The van der Waals surface area contributed by atoms with E-state index in [9.17, 15) is 0 Å². The second kappa shape index (κ2) is 6.11. The average molecular weight is 360 g/mol. The summed E-state index contributed by atoms with van der Waals surface area (Å²) in [6.45, 7) is -0.344. The molecule has 1 fully saturated rings. The van der Waals surface area contributed by atoms with Crippen molar-refractivity contribution in [2.75, 3.05) is 20.3 Å². The molecular formula is C21H21BN2O3. The largest absolute Gasteiger partial charge is 0.619 e. The number of hydrogen-bond acceptors (Lipinski definition) is 4. The van der Waals surface area contributed by atoms with Gasteiger partial charge in [-0.15, -0.1) is 5.98 Å². The normalized spacial score (nSPS) is 30.9. The van der Waals surface area contributed by atoms with Gasteiger partial charge in [-0.2, -0.15) is 0 Å². The van der Waals surface area contributed by atoms with Crippen LogP contribution in [-0.2, 0) is 9.31 Å². The van der Waals surface area contributed by atoms with Crippen LogP contribution < -0.4 is 4.74 Å². The second-order valence-corrected chi connectivity index (χ2v) is 7.15. The Bertz CT molecular complexity index is 942. The first-order valence-corrected chi connectivity index (χ1v) is 9.25. The molecule has 3 heterocycles. The highest BCUT2D eigenvalue weighted by Gasteiger charge is 2.65. The molecule has 1 unspecified atom stereocenters. The molecule has 5 rings (SSSR count). The van der Waals surface area contributed by atoms with Gasteiger partial charge in [0.15, 0.2) is 0 Å². The van der Waals surface area contributed by atoms with Gasteiger partial charge < -0.3 is 18.5 Å². The lowest BCUT2D eigenvalue weighted by Crippen LogP contribution is -2.61. The molecule has 1 saturated heterocycles. The molecule has 3 aliphatic rings. The lowest BCUT2D eigenvalue weighted by atomic mass is 9.68. The standard InChI is InChI=1S/C21H21BN2O3/c1-25-20-11-9-18(10-12-20)21-23-24-15-5-8-19(24)16-26-22(24,27-21)14-13-17-6-3-2-4-7-17/h2-14,19H,15-16H2,1H3/b14-13+/t19-,22?,24+/m0/s1. The number of quaternary nitrogens is 1. The molecule has 3 atom stereocenters. The molecule has 0 radical (unpaired) electrons. The third-order valence-electron chi connectivity index (χ3n) is 5.69. The molecule has 3 aliphatic heterocycles. The highest BCUT2D eigenvalue weighted by atomic mass is 16.7. The predicted octanol–water partition coefficient (Wildman–Crippen LogP) is 3.36. The molecule has 2 aromatic carbocycles. The van der Waals surface area contributed by atoms with Crippen LogP contribution in [0.1, 0.15) is 11.1 Å². The van der Waals surface area contributed by atoms with E-state index in [2.05, 4.69) is 36.3 Å². The summed E-state index contributed by atoms with van der Waals surface area (Å²) in [5.74, 6) is 3.51. The van der Waals surface area contributed by atoms with Crippen LogP contribution in [0.25, 0.3) is 6.08 Å². The van der Waals surface area contributed by atoms with Crippen LogP contribution in [-0.4, -0.2) is 43.4 Å². The molecule has 1 spiro atoms. The fourth-order valence-corrected chi connectivity index (χ4v) is 4.21. The van der Waals surface area contributed by atoms with E-state index in [-0.39, 0.29) is 6.04 Å². The highest BCUT2D eigenvalue weighted by Crippen LogP contribution is 2.44. The molecule has 5 nitrogen and oxygen atoms in total. The van der Waals surface area contributed by atoms with Crippen molar-refractivity contribution in [3.05, 3.63) is 83.9 Å². The maximum Gasteiger partial charge on any atom is 0.575 e. The van der Waals surface area contributed by atoms with E-state index in [1.165, 1.54) is 0 Å². The van der Waals surface area contributed by atoms with Gasteiger partial charge in [0.1, 0.15) is 11.8 Å². The van der Waals surface area contributed by atoms with Crippen molar-refractivity contribution in [1.29, 1.82) is 0 Å². The molecule has 0 aromatic heterocycles. The highest BCUT2D eigenvalue weighted by molar-refractivity contribution is 6.69. The summed E-state index contributed by atoms with van der Waals surface area (Å²) in [5.41, 5.74) is 2.05. The monoisotopic (exact) mass is 360 g/mol. The number of methoxy groups -OCH3 is 1. The minimum atomic E-state index is -1.75. The van der Waals surface area contributed by atoms with E-state index in [0.29, 0.717) is 17.0 Å². The first-order chi connectivity index (χ1) is 13.2. The van der Waals surface area contributed by atoms with Crippen molar-refractivity contribution in [1.82, 2.24) is 0 Å². The summed E-state index contributed by atoms with van der Waals surface area (Å²) < 4.78 is 18.4. The summed E-state index contributed by atoms with van der Waals surface area (Å²) in [7, 11) is 1.66. The Morgan fingerprint density at radius 2 is 1.96 bits per heavy atom. The molecule has 0 saturated carbocycles. The van der Waals surface area contributed by atoms with E-state index in [0.717, 1.165) is 23.4 Å². The van der Waals surface area contributed by atoms with Crippen LogP contribution in [0.5, 0.6) is 5.75 Å². The van der Waals surface area contributed by atoms with Crippen LogP contribution in [0, 0.1) is 0 Å². The maximum absolute atomic E-state index is 6.45. The van der Waals surface area contributed by atoms with Crippen LogP contribution in [0.4, 0.5) is 0 Å². The third-order valence-corrected chi connectivity index (χ3v) is 5.69. The first kappa shape index (κ1) is 16.4. The predicted molar refractivity (Wildman–Crippen MR) is 106 cm³/mol. The lowest BCUT2D eigenvalue weighted by molar-refractivity contribution is -0.841. The lowest BCUT2D eigenvalue weighted by Gasteiger charge is -2.39. The molecule has 27 heavy (non-hydrogen) atoms. The first-order valence-electron chi connectivity index (χ1n) is 9.25. The second-order valence-electron chi connectivity index (χ2n) is 7.15. The fraction of sp³-hybridized carbons (Fsp3) is 0.190. The van der Waals surface area contributed by atoms with Gasteiger partial charge in [0.25, 0.3) is 0 Å². The van der Waals surface area contributed by atoms with E-state index >= 15 is 0 Å². The number of hydrogen-bond donors (Lipinski definition) is 0. The van der Waals surface area contributed by atoms with Gasteiger partial charge in [-0.25, -0.2) is 0 Å². The van der Waals surface area contributed by atoms with Gasteiger partial charge in [0.2, 0.25) is 5.90 Å². The maximum atomic E-state index is 6.45. The summed E-state index contributed by atoms with van der Waals surface area (Å²) in [6, 6.07) is 18.2. The zero-order chi connectivity index (χ0) is 18.3. The van der Waals surface area contributed by atoms with Gasteiger partial charge >= 0.3 is 6.69 Å². The Morgan fingerprint density at radius 1 is 1.15 bits per heavy atom. The van der Waals surface area contributed by atoms with Gasteiger partial charge in [0, 0.05) is 5.56 Å². The number of rotatable bonds is 4. The van der Waals surface area contributed by atoms with Crippen molar-refractivity contribution in [2.24, 2.45) is 5.10 Å². The van der Waals surface area contributed by atoms with E-state index in [1.807, 2.05) is 42.5 Å². The van der Waals surface area contributed by atoms with Crippen molar-refractivity contribution in [3.63, 3.8) is 0 Å². The van der Waals surface area contributed by atoms with Gasteiger partial charge in [-0.05, 0) is 42.0 Å². The molecule has 6 heteroatoms. The van der Waals surface area contributed by atoms with Gasteiger partial charge in [-0.1, -0.05) is 41.5 Å². The number of ether oxygens (including phenoxy) is 1. The Balaban J connectivity index is 1.53. The van der Waals surface area contributed by atoms with Crippen molar-refractivity contribution < 1.29 is 18.5 Å². The summed E-state index contributed by atoms with van der Waals surface area (Å²) in [4.78, 5) is 0. The average Bonchev–Trinajstić information content (AvgIpc) is 3.35. The molecule has 0 N–H and O–H groups in total. The minimum absolute atomic E-state index is 0.196. The van der Waals surface area contributed by atoms with Crippen LogP contribution in [0.2, 0.25) is 0 Å². The Hall–Kier alpha value is -2.83. The number of nitrogens with zero attached hydrogens (tertiary/aromatic N) is 2. The van der Waals surface area contributed by atoms with Crippen LogP contribution >= 0.6 is 0 Å². The van der Waals surface area contributed by atoms with Crippen molar-refractivity contribution in [2.45, 2.75) is 6.04 Å². The Morgan fingerprint density at radius 3 is 2.74 bits per heavy atom. The van der Waals surface area contributed by atoms with Gasteiger partial charge in [-0.3, -0.25) is 0 Å². The molecule has 2 aromatic rings. The Kier molecular flexibility index (Phi) is 3.70. The summed E-state index contributed by atoms with van der Waals surface area (Å²) in [5, 5.41) is 5.03. The van der Waals surface area contributed by atoms with Crippen molar-refractivity contribution in [3.8, 4) is 5.75 Å². The molecule has 136 valence electrons.